The lowest BCUT2D eigenvalue weighted by Gasteiger charge is -2.35. The number of carbonyl (C=O) groups excluding carboxylic acids is 1. The van der Waals surface area contributed by atoms with Crippen LogP contribution in [-0.2, 0) is 0 Å². The highest BCUT2D eigenvalue weighted by Gasteiger charge is 2.25. The number of carbonyl (C=O) groups is 1. The molecule has 0 saturated carbocycles. The van der Waals surface area contributed by atoms with Gasteiger partial charge in [-0.05, 0) is 31.2 Å². The van der Waals surface area contributed by atoms with Crippen molar-refractivity contribution in [3.8, 4) is 0 Å². The number of aromatic amines is 1. The normalized spacial score (nSPS) is 15.0. The third-order valence-electron chi connectivity index (χ3n) is 4.52. The number of nitrogens with one attached hydrogen (secondary N) is 1. The van der Waals surface area contributed by atoms with Crippen molar-refractivity contribution in [2.75, 3.05) is 31.1 Å². The van der Waals surface area contributed by atoms with Crippen LogP contribution in [0.15, 0.2) is 42.7 Å². The molecule has 4 rings (SSSR count). The molecule has 3 aromatic rings. The van der Waals surface area contributed by atoms with E-state index in [9.17, 15) is 4.79 Å². The van der Waals surface area contributed by atoms with E-state index in [4.69, 9.17) is 0 Å². The van der Waals surface area contributed by atoms with Gasteiger partial charge in [0.2, 0.25) is 0 Å². The van der Waals surface area contributed by atoms with E-state index >= 15 is 0 Å². The molecule has 0 atom stereocenters. The molecular weight excluding hydrogens is 302 g/mol. The molecule has 0 aliphatic carbocycles. The lowest BCUT2D eigenvalue weighted by Crippen LogP contribution is -2.48. The largest absolute Gasteiger partial charge is 0.368 e. The molecule has 0 bridgehead atoms. The van der Waals surface area contributed by atoms with Gasteiger partial charge in [-0.3, -0.25) is 14.9 Å². The predicted octanol–water partition coefficient (Wildman–Crippen LogP) is 2.23. The van der Waals surface area contributed by atoms with Crippen molar-refractivity contribution in [2.24, 2.45) is 0 Å². The number of fused-ring (bicyclic) bond motifs is 1. The van der Waals surface area contributed by atoms with E-state index in [0.717, 1.165) is 35.2 Å². The van der Waals surface area contributed by atoms with E-state index in [-0.39, 0.29) is 5.91 Å². The zero-order valence-corrected chi connectivity index (χ0v) is 13.6. The molecule has 0 unspecified atom stereocenters. The molecule has 0 spiro atoms. The van der Waals surface area contributed by atoms with Crippen LogP contribution < -0.4 is 4.90 Å². The number of piperazine rings is 1. The molecule has 1 fully saturated rings. The maximum Gasteiger partial charge on any atom is 0.275 e. The van der Waals surface area contributed by atoms with Crippen molar-refractivity contribution in [1.29, 1.82) is 0 Å². The fourth-order valence-electron chi connectivity index (χ4n) is 3.16. The summed E-state index contributed by atoms with van der Waals surface area (Å²) >= 11 is 0. The monoisotopic (exact) mass is 321 g/mol. The maximum atomic E-state index is 12.8. The minimum absolute atomic E-state index is 0.00114. The van der Waals surface area contributed by atoms with Crippen LogP contribution >= 0.6 is 0 Å². The first kappa shape index (κ1) is 14.7. The topological polar surface area (TPSA) is 65.1 Å². The highest BCUT2D eigenvalue weighted by molar-refractivity contribution is 6.04. The quantitative estimate of drug-likeness (QED) is 0.786. The summed E-state index contributed by atoms with van der Waals surface area (Å²) in [4.78, 5) is 21.1. The van der Waals surface area contributed by atoms with Crippen LogP contribution in [0.4, 0.5) is 5.69 Å². The van der Waals surface area contributed by atoms with Crippen molar-refractivity contribution in [3.63, 3.8) is 0 Å². The molecule has 24 heavy (non-hydrogen) atoms. The number of hydrogen-bond acceptors (Lipinski definition) is 4. The van der Waals surface area contributed by atoms with Gasteiger partial charge < -0.3 is 9.80 Å². The van der Waals surface area contributed by atoms with Gasteiger partial charge in [-0.1, -0.05) is 11.6 Å². The molecule has 1 aromatic carbocycles. The van der Waals surface area contributed by atoms with Crippen LogP contribution in [0.25, 0.3) is 10.9 Å². The Labute approximate surface area is 140 Å². The van der Waals surface area contributed by atoms with E-state index in [2.05, 4.69) is 20.1 Å². The highest BCUT2D eigenvalue weighted by atomic mass is 16.2. The van der Waals surface area contributed by atoms with E-state index in [1.165, 1.54) is 0 Å². The molecule has 3 heterocycles. The Hall–Kier alpha value is -2.89. The first-order valence-corrected chi connectivity index (χ1v) is 8.11. The molecule has 6 heteroatoms. The molecule has 122 valence electrons. The van der Waals surface area contributed by atoms with Crippen LogP contribution in [0, 0.1) is 6.92 Å². The number of hydrogen-bond donors (Lipinski definition) is 1. The first-order valence-electron chi connectivity index (χ1n) is 8.11. The summed E-state index contributed by atoms with van der Waals surface area (Å²) < 4.78 is 0. The van der Waals surface area contributed by atoms with E-state index in [1.807, 2.05) is 42.2 Å². The molecular formula is C18H19N5O. The number of benzene rings is 1. The predicted molar refractivity (Wildman–Crippen MR) is 93.2 cm³/mol. The molecule has 2 aromatic heterocycles. The molecule has 1 N–H and O–H groups in total. The summed E-state index contributed by atoms with van der Waals surface area (Å²) in [6.07, 6.45) is 3.59. The second-order valence-electron chi connectivity index (χ2n) is 6.11. The maximum absolute atomic E-state index is 12.8. The van der Waals surface area contributed by atoms with E-state index < -0.39 is 0 Å². The van der Waals surface area contributed by atoms with Crippen molar-refractivity contribution in [2.45, 2.75) is 6.92 Å². The highest BCUT2D eigenvalue weighted by Crippen LogP contribution is 2.21. The fourth-order valence-corrected chi connectivity index (χ4v) is 3.16. The summed E-state index contributed by atoms with van der Waals surface area (Å²) in [5, 5.41) is 8.11. The Morgan fingerprint density at radius 1 is 1.08 bits per heavy atom. The Morgan fingerprint density at radius 2 is 1.83 bits per heavy atom. The standard InChI is InChI=1S/C18H19N5O/c1-13-2-3-16-15(12-13)17(21-20-16)18(24)23-10-8-22(9-11-23)14-4-6-19-7-5-14/h2-7,12H,8-11H2,1H3,(H,20,21). The number of nitrogens with zero attached hydrogens (tertiary/aromatic N) is 4. The SMILES string of the molecule is Cc1ccc2[nH]nc(C(=O)N3CCN(c4ccncc4)CC3)c2c1. The number of rotatable bonds is 2. The average molecular weight is 321 g/mol. The second-order valence-corrected chi connectivity index (χ2v) is 6.11. The van der Waals surface area contributed by atoms with Gasteiger partial charge in [-0.2, -0.15) is 5.10 Å². The number of amides is 1. The first-order chi connectivity index (χ1) is 11.7. The smallest absolute Gasteiger partial charge is 0.275 e. The Balaban J connectivity index is 1.51. The zero-order chi connectivity index (χ0) is 16.5. The van der Waals surface area contributed by atoms with Gasteiger partial charge in [0.1, 0.15) is 0 Å². The van der Waals surface area contributed by atoms with Crippen LogP contribution in [0.1, 0.15) is 16.1 Å². The number of anilines is 1. The zero-order valence-electron chi connectivity index (χ0n) is 13.6. The lowest BCUT2D eigenvalue weighted by atomic mass is 10.1. The Morgan fingerprint density at radius 3 is 2.58 bits per heavy atom. The molecule has 1 aliphatic heterocycles. The van der Waals surface area contributed by atoms with Gasteiger partial charge in [0.15, 0.2) is 5.69 Å². The van der Waals surface area contributed by atoms with Crippen LogP contribution in [0.2, 0.25) is 0 Å². The Kier molecular flexibility index (Phi) is 3.65. The van der Waals surface area contributed by atoms with E-state index in [0.29, 0.717) is 18.8 Å². The minimum atomic E-state index is 0.00114. The van der Waals surface area contributed by atoms with Gasteiger partial charge in [-0.15, -0.1) is 0 Å². The van der Waals surface area contributed by atoms with Crippen molar-refractivity contribution in [1.82, 2.24) is 20.1 Å². The Bertz CT molecular complexity index is 866. The molecule has 6 nitrogen and oxygen atoms in total. The van der Waals surface area contributed by atoms with Crippen molar-refractivity contribution >= 4 is 22.5 Å². The van der Waals surface area contributed by atoms with Crippen LogP contribution in [0.5, 0.6) is 0 Å². The third kappa shape index (κ3) is 2.60. The molecule has 1 aliphatic rings. The summed E-state index contributed by atoms with van der Waals surface area (Å²) in [5.74, 6) is 0.00114. The summed E-state index contributed by atoms with van der Waals surface area (Å²) in [7, 11) is 0. The second kappa shape index (κ2) is 5.96. The average Bonchev–Trinajstić information content (AvgIpc) is 3.05. The minimum Gasteiger partial charge on any atom is -0.368 e. The van der Waals surface area contributed by atoms with Crippen LogP contribution in [0.3, 0.4) is 0 Å². The summed E-state index contributed by atoms with van der Waals surface area (Å²) in [5.41, 5.74) is 3.70. The van der Waals surface area contributed by atoms with Gasteiger partial charge in [0.25, 0.3) is 5.91 Å². The van der Waals surface area contributed by atoms with Gasteiger partial charge in [0, 0.05) is 49.6 Å². The van der Waals surface area contributed by atoms with Crippen molar-refractivity contribution < 1.29 is 4.79 Å². The number of H-pyrrole nitrogens is 1. The van der Waals surface area contributed by atoms with Gasteiger partial charge in [-0.25, -0.2) is 0 Å². The number of pyridine rings is 1. The number of aryl methyl sites for hydroxylation is 1. The van der Waals surface area contributed by atoms with Gasteiger partial charge in [0.05, 0.1) is 5.52 Å². The fraction of sp³-hybridized carbons (Fsp3) is 0.278. The van der Waals surface area contributed by atoms with Crippen LogP contribution in [-0.4, -0.2) is 52.2 Å². The summed E-state index contributed by atoms with van der Waals surface area (Å²) in [6.45, 7) is 5.05. The molecule has 1 amide bonds. The molecule has 1 saturated heterocycles. The van der Waals surface area contributed by atoms with Gasteiger partial charge >= 0.3 is 0 Å². The van der Waals surface area contributed by atoms with Crippen molar-refractivity contribution in [3.05, 3.63) is 54.0 Å². The molecule has 0 radical (unpaired) electrons. The van der Waals surface area contributed by atoms with E-state index in [1.54, 1.807) is 12.4 Å². The summed E-state index contributed by atoms with van der Waals surface area (Å²) in [6, 6.07) is 10.0. The third-order valence-corrected chi connectivity index (χ3v) is 4.52. The number of aromatic nitrogens is 3. The lowest BCUT2D eigenvalue weighted by molar-refractivity contribution is 0.0742.